The Bertz CT molecular complexity index is 1270. The summed E-state index contributed by atoms with van der Waals surface area (Å²) in [5.74, 6) is 0.970. The van der Waals surface area contributed by atoms with Crippen molar-refractivity contribution >= 4 is 28.7 Å². The molecule has 1 amide bonds. The van der Waals surface area contributed by atoms with Gasteiger partial charge in [-0.3, -0.25) is 4.79 Å². The van der Waals surface area contributed by atoms with Crippen LogP contribution in [-0.4, -0.2) is 27.6 Å². The fourth-order valence-corrected chi connectivity index (χ4v) is 4.33. The fourth-order valence-electron chi connectivity index (χ4n) is 4.33. The molecule has 0 atom stereocenters. The molecule has 5 rings (SSSR count). The van der Waals surface area contributed by atoms with Crippen molar-refractivity contribution in [1.29, 1.82) is 0 Å². The number of ether oxygens (including phenoxy) is 1. The third-order valence-corrected chi connectivity index (χ3v) is 6.05. The first-order valence-corrected chi connectivity index (χ1v) is 11.4. The number of methoxy groups -OCH3 is 1. The summed E-state index contributed by atoms with van der Waals surface area (Å²) >= 11 is 0. The molecule has 4 aromatic rings. The summed E-state index contributed by atoms with van der Waals surface area (Å²) in [5.41, 5.74) is 4.91. The number of hydrogen-bond acceptors (Lipinski definition) is 5. The van der Waals surface area contributed by atoms with Crippen LogP contribution in [0.3, 0.4) is 0 Å². The molecule has 0 fully saturated rings. The lowest BCUT2D eigenvalue weighted by atomic mass is 9.98. The predicted molar refractivity (Wildman–Crippen MR) is 130 cm³/mol. The third kappa shape index (κ3) is 4.39. The fraction of sp³-hybridized carbons (Fsp3) is 0.269. The number of benzene rings is 2. The number of carbonyl (C=O) groups excluding carboxylic acids is 1. The van der Waals surface area contributed by atoms with Crippen molar-refractivity contribution in [3.8, 4) is 5.75 Å². The Morgan fingerprint density at radius 1 is 0.939 bits per heavy atom. The highest BCUT2D eigenvalue weighted by Crippen LogP contribution is 2.28. The molecule has 2 heterocycles. The summed E-state index contributed by atoms with van der Waals surface area (Å²) in [6, 6.07) is 17.0. The minimum absolute atomic E-state index is 0.258. The number of para-hydroxylation sites is 1. The molecule has 2 aromatic heterocycles. The molecular formula is C26H27N5O2. The number of nitrogens with zero attached hydrogens (tertiary/aromatic N) is 3. The van der Waals surface area contributed by atoms with Crippen LogP contribution in [0, 0.1) is 0 Å². The van der Waals surface area contributed by atoms with Crippen LogP contribution in [-0.2, 0) is 12.8 Å². The first-order chi connectivity index (χ1) is 16.2. The molecule has 2 N–H and O–H groups in total. The summed E-state index contributed by atoms with van der Waals surface area (Å²) < 4.78 is 7.09. The number of anilines is 3. The number of rotatable bonds is 5. The number of aromatic nitrogens is 3. The molecule has 0 unspecified atom stereocenters. The second-order valence-electron chi connectivity index (χ2n) is 8.28. The van der Waals surface area contributed by atoms with E-state index in [4.69, 9.17) is 14.8 Å². The molecule has 168 valence electrons. The predicted octanol–water partition coefficient (Wildman–Crippen LogP) is 5.39. The van der Waals surface area contributed by atoms with Crippen LogP contribution < -0.4 is 15.4 Å². The Kier molecular flexibility index (Phi) is 5.93. The van der Waals surface area contributed by atoms with Crippen LogP contribution in [0.1, 0.15) is 47.3 Å². The van der Waals surface area contributed by atoms with Gasteiger partial charge in [-0.25, -0.2) is 9.50 Å². The molecule has 0 radical (unpaired) electrons. The number of fused-ring (bicyclic) bond motifs is 3. The number of amides is 1. The van der Waals surface area contributed by atoms with E-state index in [0.29, 0.717) is 22.7 Å². The average Bonchev–Trinajstić information content (AvgIpc) is 3.18. The highest BCUT2D eigenvalue weighted by Gasteiger charge is 2.24. The Morgan fingerprint density at radius 3 is 2.45 bits per heavy atom. The van der Waals surface area contributed by atoms with Crippen LogP contribution in [0.4, 0.5) is 17.2 Å². The van der Waals surface area contributed by atoms with Gasteiger partial charge < -0.3 is 15.4 Å². The molecule has 1 aliphatic carbocycles. The van der Waals surface area contributed by atoms with Gasteiger partial charge in [0.2, 0.25) is 0 Å². The smallest absolute Gasteiger partial charge is 0.263 e. The number of aryl methyl sites for hydroxylation is 2. The zero-order chi connectivity index (χ0) is 22.6. The van der Waals surface area contributed by atoms with Crippen LogP contribution in [0.15, 0.2) is 60.8 Å². The summed E-state index contributed by atoms with van der Waals surface area (Å²) in [7, 11) is 1.62. The molecule has 2 aromatic carbocycles. The second kappa shape index (κ2) is 9.32. The zero-order valence-electron chi connectivity index (χ0n) is 18.7. The monoisotopic (exact) mass is 441 g/mol. The number of nitrogens with one attached hydrogen (secondary N) is 2. The minimum Gasteiger partial charge on any atom is -0.497 e. The van der Waals surface area contributed by atoms with Gasteiger partial charge in [-0.15, -0.1) is 5.10 Å². The second-order valence-corrected chi connectivity index (χ2v) is 8.28. The molecule has 0 aliphatic heterocycles. The van der Waals surface area contributed by atoms with Gasteiger partial charge in [-0.05, 0) is 67.6 Å². The van der Waals surface area contributed by atoms with Crippen molar-refractivity contribution in [3.05, 3.63) is 77.6 Å². The minimum atomic E-state index is -0.258. The van der Waals surface area contributed by atoms with Gasteiger partial charge in [-0.1, -0.05) is 31.0 Å². The lowest BCUT2D eigenvalue weighted by molar-refractivity contribution is 0.102. The van der Waals surface area contributed by atoms with Crippen molar-refractivity contribution in [3.63, 3.8) is 0 Å². The van der Waals surface area contributed by atoms with Gasteiger partial charge >= 0.3 is 0 Å². The van der Waals surface area contributed by atoms with Crippen LogP contribution in [0.25, 0.3) is 5.65 Å². The molecule has 33 heavy (non-hydrogen) atoms. The van der Waals surface area contributed by atoms with Crippen molar-refractivity contribution in [2.45, 2.75) is 38.5 Å². The summed E-state index contributed by atoms with van der Waals surface area (Å²) in [6.07, 6.45) is 8.57. The van der Waals surface area contributed by atoms with Gasteiger partial charge in [-0.2, -0.15) is 0 Å². The normalized spacial score (nSPS) is 13.6. The van der Waals surface area contributed by atoms with Crippen molar-refractivity contribution in [2.24, 2.45) is 0 Å². The van der Waals surface area contributed by atoms with Gasteiger partial charge in [0.15, 0.2) is 11.5 Å². The van der Waals surface area contributed by atoms with Gasteiger partial charge in [0.25, 0.3) is 5.91 Å². The Balaban J connectivity index is 1.58. The quantitative estimate of drug-likeness (QED) is 0.434. The first kappa shape index (κ1) is 21.0. The van der Waals surface area contributed by atoms with Crippen molar-refractivity contribution in [1.82, 2.24) is 14.6 Å². The van der Waals surface area contributed by atoms with Crippen molar-refractivity contribution in [2.75, 3.05) is 17.7 Å². The molecule has 7 nitrogen and oxygen atoms in total. The van der Waals surface area contributed by atoms with E-state index in [1.54, 1.807) is 7.11 Å². The van der Waals surface area contributed by atoms with Gasteiger partial charge in [0.05, 0.1) is 7.11 Å². The lowest BCUT2D eigenvalue weighted by Gasteiger charge is -2.14. The average molecular weight is 442 g/mol. The standard InChI is InChI=1S/C26H27N5O2/c1-33-21-15-13-20(14-16-21)29-26(32)23-24(28-19-10-6-4-7-11-19)30-31-22-12-8-3-2-5-9-18(22)17-27-25(23)31/h4,6-7,10-11,13-17H,2-3,5,8-9,12H2,1H3,(H,28,30)(H,29,32). The van der Waals surface area contributed by atoms with E-state index in [1.807, 2.05) is 65.3 Å². The van der Waals surface area contributed by atoms with E-state index >= 15 is 0 Å². The highest BCUT2D eigenvalue weighted by molar-refractivity contribution is 6.12. The Labute approximate surface area is 192 Å². The van der Waals surface area contributed by atoms with Crippen LogP contribution in [0.2, 0.25) is 0 Å². The summed E-state index contributed by atoms with van der Waals surface area (Å²) in [6.45, 7) is 0. The molecule has 0 spiro atoms. The van der Waals surface area contributed by atoms with E-state index in [0.717, 1.165) is 42.8 Å². The summed E-state index contributed by atoms with van der Waals surface area (Å²) in [4.78, 5) is 18.2. The molecule has 0 bridgehead atoms. The van der Waals surface area contributed by atoms with Crippen molar-refractivity contribution < 1.29 is 9.53 Å². The van der Waals surface area contributed by atoms with Crippen LogP contribution >= 0.6 is 0 Å². The van der Waals surface area contributed by atoms with E-state index in [2.05, 4.69) is 10.6 Å². The molecule has 7 heteroatoms. The maximum atomic E-state index is 13.5. The number of carbonyl (C=O) groups is 1. The first-order valence-electron chi connectivity index (χ1n) is 11.4. The largest absolute Gasteiger partial charge is 0.497 e. The maximum absolute atomic E-state index is 13.5. The molecular weight excluding hydrogens is 414 g/mol. The zero-order valence-corrected chi connectivity index (χ0v) is 18.7. The molecule has 1 aliphatic rings. The lowest BCUT2D eigenvalue weighted by Crippen LogP contribution is -2.14. The topological polar surface area (TPSA) is 80.5 Å². The Hall–Kier alpha value is -3.87. The van der Waals surface area contributed by atoms with E-state index in [-0.39, 0.29) is 5.91 Å². The molecule has 0 saturated carbocycles. The number of hydrogen-bond donors (Lipinski definition) is 2. The van der Waals surface area contributed by atoms with E-state index < -0.39 is 0 Å². The Morgan fingerprint density at radius 2 is 1.70 bits per heavy atom. The van der Waals surface area contributed by atoms with E-state index in [9.17, 15) is 4.79 Å². The van der Waals surface area contributed by atoms with Crippen LogP contribution in [0.5, 0.6) is 5.75 Å². The molecule has 0 saturated heterocycles. The highest BCUT2D eigenvalue weighted by atomic mass is 16.5. The van der Waals surface area contributed by atoms with Gasteiger partial charge in [0.1, 0.15) is 11.3 Å². The van der Waals surface area contributed by atoms with E-state index in [1.165, 1.54) is 18.4 Å². The third-order valence-electron chi connectivity index (χ3n) is 6.05. The van der Waals surface area contributed by atoms with Gasteiger partial charge in [0, 0.05) is 23.3 Å². The SMILES string of the molecule is COc1ccc(NC(=O)c2c(Nc3ccccc3)nn3c4c(cnc23)CCCCCC4)cc1. The maximum Gasteiger partial charge on any atom is 0.263 e. The summed E-state index contributed by atoms with van der Waals surface area (Å²) in [5, 5.41) is 11.2.